The van der Waals surface area contributed by atoms with E-state index in [9.17, 15) is 24.6 Å². The van der Waals surface area contributed by atoms with Crippen molar-refractivity contribution in [2.45, 2.75) is 91.7 Å². The molecule has 1 rings (SSSR count). The summed E-state index contributed by atoms with van der Waals surface area (Å²) in [5.41, 5.74) is 0.0254. The highest BCUT2D eigenvalue weighted by Crippen LogP contribution is 2.18. The third-order valence-electron chi connectivity index (χ3n) is 5.07. The molecule has 0 radical (unpaired) electrons. The molecule has 0 aliphatic rings. The molecule has 3 N–H and O–H groups in total. The van der Waals surface area contributed by atoms with Crippen LogP contribution >= 0.6 is 0 Å². The third-order valence-corrected chi connectivity index (χ3v) is 5.07. The standard InChI is InChI=1S/C26H42N2O7/c1-17(2)13-20(27-24(32)35-26(5,6)7)22(29)15-28(21(23(30)31)14-18(3)4)25(33)34-16-19-11-9-8-10-12-19/h8-12,17-18,20-22,29H,13-16H2,1-7H3,(H,27,32)(H,30,31)/t20?,21-,22-/m0/s1. The Balaban J connectivity index is 3.12. The number of benzene rings is 1. The molecule has 0 heterocycles. The van der Waals surface area contributed by atoms with Gasteiger partial charge in [-0.1, -0.05) is 58.0 Å². The van der Waals surface area contributed by atoms with Gasteiger partial charge in [-0.25, -0.2) is 14.4 Å². The molecule has 9 heteroatoms. The molecule has 198 valence electrons. The number of ether oxygens (including phenoxy) is 2. The second kappa shape index (κ2) is 13.9. The number of hydrogen-bond donors (Lipinski definition) is 3. The minimum atomic E-state index is -1.25. The molecule has 0 saturated carbocycles. The highest BCUT2D eigenvalue weighted by Gasteiger charge is 2.35. The van der Waals surface area contributed by atoms with Gasteiger partial charge >= 0.3 is 18.2 Å². The quantitative estimate of drug-likeness (QED) is 0.393. The summed E-state index contributed by atoms with van der Waals surface area (Å²) in [6.07, 6.45) is -2.21. The Hall–Kier alpha value is -2.81. The van der Waals surface area contributed by atoms with Gasteiger partial charge in [0.1, 0.15) is 18.2 Å². The van der Waals surface area contributed by atoms with E-state index in [2.05, 4.69) is 5.32 Å². The normalized spacial score (nSPS) is 14.2. The van der Waals surface area contributed by atoms with Crippen molar-refractivity contribution >= 4 is 18.2 Å². The second-order valence-electron chi connectivity index (χ2n) is 10.6. The first-order valence-corrected chi connectivity index (χ1v) is 12.1. The molecule has 1 aromatic carbocycles. The fourth-order valence-electron chi connectivity index (χ4n) is 3.55. The largest absolute Gasteiger partial charge is 0.480 e. The van der Waals surface area contributed by atoms with Gasteiger partial charge in [0.2, 0.25) is 0 Å². The lowest BCUT2D eigenvalue weighted by Crippen LogP contribution is -2.54. The third kappa shape index (κ3) is 11.9. The number of aliphatic carboxylic acids is 1. The highest BCUT2D eigenvalue weighted by atomic mass is 16.6. The summed E-state index contributed by atoms with van der Waals surface area (Å²) >= 11 is 0. The van der Waals surface area contributed by atoms with Crippen molar-refractivity contribution in [3.05, 3.63) is 35.9 Å². The van der Waals surface area contributed by atoms with E-state index in [0.29, 0.717) is 6.42 Å². The van der Waals surface area contributed by atoms with Crippen molar-refractivity contribution in [2.24, 2.45) is 11.8 Å². The smallest absolute Gasteiger partial charge is 0.410 e. The molecule has 1 unspecified atom stereocenters. The zero-order valence-corrected chi connectivity index (χ0v) is 22.0. The average Bonchev–Trinajstić information content (AvgIpc) is 2.72. The van der Waals surface area contributed by atoms with Crippen LogP contribution < -0.4 is 5.32 Å². The van der Waals surface area contributed by atoms with Gasteiger partial charge in [0.15, 0.2) is 0 Å². The van der Waals surface area contributed by atoms with E-state index in [1.165, 1.54) is 0 Å². The van der Waals surface area contributed by atoms with E-state index >= 15 is 0 Å². The van der Waals surface area contributed by atoms with Crippen molar-refractivity contribution in [3.8, 4) is 0 Å². The zero-order valence-electron chi connectivity index (χ0n) is 22.0. The van der Waals surface area contributed by atoms with Gasteiger partial charge in [0, 0.05) is 0 Å². The predicted molar refractivity (Wildman–Crippen MR) is 133 cm³/mol. The lowest BCUT2D eigenvalue weighted by atomic mass is 9.97. The van der Waals surface area contributed by atoms with Crippen molar-refractivity contribution < 1.29 is 34.1 Å². The van der Waals surface area contributed by atoms with Crippen LogP contribution in [-0.2, 0) is 20.9 Å². The van der Waals surface area contributed by atoms with Crippen molar-refractivity contribution in [1.82, 2.24) is 10.2 Å². The number of alkyl carbamates (subject to hydrolysis) is 1. The Morgan fingerprint density at radius 1 is 1.00 bits per heavy atom. The number of nitrogens with one attached hydrogen (secondary N) is 1. The number of amides is 2. The van der Waals surface area contributed by atoms with Gasteiger partial charge in [-0.3, -0.25) is 4.90 Å². The summed E-state index contributed by atoms with van der Waals surface area (Å²) in [5, 5.41) is 23.6. The van der Waals surface area contributed by atoms with Crippen LogP contribution in [0.15, 0.2) is 30.3 Å². The molecule has 2 amide bonds. The van der Waals surface area contributed by atoms with E-state index < -0.39 is 41.9 Å². The van der Waals surface area contributed by atoms with E-state index in [4.69, 9.17) is 9.47 Å². The fourth-order valence-corrected chi connectivity index (χ4v) is 3.55. The maximum absolute atomic E-state index is 13.1. The van der Waals surface area contributed by atoms with Gasteiger partial charge in [-0.05, 0) is 51.0 Å². The summed E-state index contributed by atoms with van der Waals surface area (Å²) in [6.45, 7) is 12.4. The summed E-state index contributed by atoms with van der Waals surface area (Å²) in [7, 11) is 0. The number of aliphatic hydroxyl groups is 1. The molecule has 0 aliphatic heterocycles. The van der Waals surface area contributed by atoms with Crippen LogP contribution in [-0.4, -0.2) is 63.6 Å². The van der Waals surface area contributed by atoms with Crippen molar-refractivity contribution in [2.75, 3.05) is 6.54 Å². The topological polar surface area (TPSA) is 125 Å². The van der Waals surface area contributed by atoms with Crippen LogP contribution in [0.4, 0.5) is 9.59 Å². The summed E-state index contributed by atoms with van der Waals surface area (Å²) in [6, 6.07) is 7.07. The number of hydrogen-bond acceptors (Lipinski definition) is 6. The number of carbonyl (C=O) groups is 3. The average molecular weight is 495 g/mol. The lowest BCUT2D eigenvalue weighted by Gasteiger charge is -2.34. The molecule has 0 fully saturated rings. The van der Waals surface area contributed by atoms with Crippen LogP contribution in [0, 0.1) is 11.8 Å². The molecule has 0 aromatic heterocycles. The number of nitrogens with zero attached hydrogens (tertiary/aromatic N) is 1. The number of carboxylic acids is 1. The van der Waals surface area contributed by atoms with Crippen molar-refractivity contribution in [1.29, 1.82) is 0 Å². The van der Waals surface area contributed by atoms with E-state index in [-0.39, 0.29) is 31.4 Å². The SMILES string of the molecule is CC(C)CC(NC(=O)OC(C)(C)C)[C@@H](O)CN(C(=O)OCc1ccccc1)[C@@H](CC(C)C)C(=O)O. The van der Waals surface area contributed by atoms with E-state index in [1.807, 2.05) is 45.9 Å². The molecule has 3 atom stereocenters. The van der Waals surface area contributed by atoms with Gasteiger partial charge in [0.25, 0.3) is 0 Å². The van der Waals surface area contributed by atoms with Crippen LogP contribution in [0.2, 0.25) is 0 Å². The summed E-state index contributed by atoms with van der Waals surface area (Å²) < 4.78 is 10.7. The van der Waals surface area contributed by atoms with Gasteiger partial charge in [-0.15, -0.1) is 0 Å². The Kier molecular flexibility index (Phi) is 12.0. The van der Waals surface area contributed by atoms with Crippen LogP contribution in [0.3, 0.4) is 0 Å². The summed E-state index contributed by atoms with van der Waals surface area (Å²) in [4.78, 5) is 38.6. The van der Waals surface area contributed by atoms with E-state index in [1.54, 1.807) is 32.9 Å². The molecular weight excluding hydrogens is 452 g/mol. The van der Waals surface area contributed by atoms with Crippen LogP contribution in [0.1, 0.15) is 66.9 Å². The van der Waals surface area contributed by atoms with E-state index in [0.717, 1.165) is 10.5 Å². The highest BCUT2D eigenvalue weighted by molar-refractivity contribution is 5.80. The number of aliphatic hydroxyl groups excluding tert-OH is 1. The molecule has 35 heavy (non-hydrogen) atoms. The Morgan fingerprint density at radius 3 is 2.06 bits per heavy atom. The minimum absolute atomic E-state index is 0.0241. The first-order valence-electron chi connectivity index (χ1n) is 12.1. The maximum atomic E-state index is 13.1. The predicted octanol–water partition coefficient (Wildman–Crippen LogP) is 4.42. The Morgan fingerprint density at radius 2 is 1.57 bits per heavy atom. The van der Waals surface area contributed by atoms with Gasteiger partial charge in [-0.2, -0.15) is 0 Å². The number of rotatable bonds is 12. The molecular formula is C26H42N2O7. The Bertz CT molecular complexity index is 806. The molecule has 0 bridgehead atoms. The number of carboxylic acid groups (broad SMARTS) is 1. The minimum Gasteiger partial charge on any atom is -0.480 e. The second-order valence-corrected chi connectivity index (χ2v) is 10.6. The zero-order chi connectivity index (χ0) is 26.8. The lowest BCUT2D eigenvalue weighted by molar-refractivity contribution is -0.144. The van der Waals surface area contributed by atoms with Crippen LogP contribution in [0.25, 0.3) is 0 Å². The monoisotopic (exact) mass is 494 g/mol. The summed E-state index contributed by atoms with van der Waals surface area (Å²) in [5.74, 6) is -1.11. The number of carbonyl (C=O) groups excluding carboxylic acids is 2. The molecule has 1 aromatic rings. The first-order chi connectivity index (χ1) is 16.2. The molecule has 0 spiro atoms. The van der Waals surface area contributed by atoms with Gasteiger partial charge < -0.3 is 25.0 Å². The molecule has 9 nitrogen and oxygen atoms in total. The first kappa shape index (κ1) is 30.2. The maximum Gasteiger partial charge on any atom is 0.410 e. The fraction of sp³-hybridized carbons (Fsp3) is 0.654. The molecule has 0 saturated heterocycles. The van der Waals surface area contributed by atoms with Gasteiger partial charge in [0.05, 0.1) is 18.7 Å². The van der Waals surface area contributed by atoms with Crippen LogP contribution in [0.5, 0.6) is 0 Å². The Labute approximate surface area is 208 Å². The molecule has 0 aliphatic carbocycles. The van der Waals surface area contributed by atoms with Crippen molar-refractivity contribution in [3.63, 3.8) is 0 Å².